The van der Waals surface area contributed by atoms with Crippen LogP contribution in [0.4, 0.5) is 0 Å². The van der Waals surface area contributed by atoms with Gasteiger partial charge in [-0.2, -0.15) is 0 Å². The third-order valence-corrected chi connectivity index (χ3v) is 3.38. The van der Waals surface area contributed by atoms with E-state index in [1.54, 1.807) is 0 Å². The number of benzene rings is 1. The van der Waals surface area contributed by atoms with Crippen LogP contribution in [0.15, 0.2) is 18.2 Å². The van der Waals surface area contributed by atoms with Gasteiger partial charge >= 0.3 is 0 Å². The molecule has 0 aliphatic carbocycles. The molecular formula is C14H23NO. The van der Waals surface area contributed by atoms with E-state index < -0.39 is 5.60 Å². The Kier molecular flexibility index (Phi) is 4.11. The molecule has 0 spiro atoms. The third-order valence-electron chi connectivity index (χ3n) is 3.38. The number of hydrogen-bond acceptors (Lipinski definition) is 2. The molecule has 0 aliphatic heterocycles. The van der Waals surface area contributed by atoms with Gasteiger partial charge in [-0.25, -0.2) is 0 Å². The van der Waals surface area contributed by atoms with Gasteiger partial charge in [-0.1, -0.05) is 36.2 Å². The monoisotopic (exact) mass is 221 g/mol. The Labute approximate surface area is 98.5 Å². The van der Waals surface area contributed by atoms with Crippen LogP contribution >= 0.6 is 0 Å². The molecule has 3 N–H and O–H groups in total. The van der Waals surface area contributed by atoms with Crippen LogP contribution in [0.3, 0.4) is 0 Å². The molecule has 0 bridgehead atoms. The number of nitrogens with two attached hydrogens (primary N) is 1. The fraction of sp³-hybridized carbons (Fsp3) is 0.571. The predicted molar refractivity (Wildman–Crippen MR) is 68.3 cm³/mol. The first-order valence-corrected chi connectivity index (χ1v) is 5.93. The Morgan fingerprint density at radius 2 is 1.75 bits per heavy atom. The maximum atomic E-state index is 10.6. The first-order chi connectivity index (χ1) is 7.41. The van der Waals surface area contributed by atoms with Gasteiger partial charge in [0, 0.05) is 5.92 Å². The lowest BCUT2D eigenvalue weighted by atomic mass is 9.80. The van der Waals surface area contributed by atoms with E-state index in [9.17, 15) is 5.11 Å². The van der Waals surface area contributed by atoms with Crippen LogP contribution in [0.1, 0.15) is 37.0 Å². The second-order valence-electron chi connectivity index (χ2n) is 4.86. The number of aliphatic hydroxyl groups is 1. The Morgan fingerprint density at radius 3 is 2.12 bits per heavy atom. The lowest BCUT2D eigenvalue weighted by Gasteiger charge is -2.32. The first kappa shape index (κ1) is 13.2. The largest absolute Gasteiger partial charge is 0.385 e. The van der Waals surface area contributed by atoms with Crippen molar-refractivity contribution in [3.63, 3.8) is 0 Å². The van der Waals surface area contributed by atoms with Crippen molar-refractivity contribution in [3.8, 4) is 0 Å². The van der Waals surface area contributed by atoms with Gasteiger partial charge < -0.3 is 10.8 Å². The van der Waals surface area contributed by atoms with Gasteiger partial charge in [-0.15, -0.1) is 0 Å². The first-order valence-electron chi connectivity index (χ1n) is 5.93. The Balaban J connectivity index is 3.14. The Morgan fingerprint density at radius 1 is 1.25 bits per heavy atom. The zero-order valence-corrected chi connectivity index (χ0v) is 10.7. The fourth-order valence-corrected chi connectivity index (χ4v) is 2.30. The minimum atomic E-state index is -0.833. The molecule has 1 aromatic rings. The molecule has 0 radical (unpaired) electrons. The van der Waals surface area contributed by atoms with Crippen LogP contribution in [0.25, 0.3) is 0 Å². The van der Waals surface area contributed by atoms with E-state index in [0.29, 0.717) is 6.54 Å². The summed E-state index contributed by atoms with van der Waals surface area (Å²) in [6.07, 6.45) is 0.885. The van der Waals surface area contributed by atoms with Crippen LogP contribution in [-0.4, -0.2) is 11.7 Å². The molecular weight excluding hydrogens is 198 g/mol. The molecule has 90 valence electrons. The molecule has 0 saturated carbocycles. The highest BCUT2D eigenvalue weighted by Crippen LogP contribution is 2.31. The summed E-state index contributed by atoms with van der Waals surface area (Å²) in [7, 11) is 0. The molecule has 0 saturated heterocycles. The van der Waals surface area contributed by atoms with Gasteiger partial charge in [-0.3, -0.25) is 0 Å². The highest BCUT2D eigenvalue weighted by atomic mass is 16.3. The van der Waals surface area contributed by atoms with E-state index in [-0.39, 0.29) is 5.92 Å². The molecule has 0 fully saturated rings. The number of aryl methyl sites for hydroxylation is 2. The normalized spacial score (nSPS) is 16.9. The predicted octanol–water partition coefficient (Wildman–Crippen LogP) is 2.50. The molecule has 0 heterocycles. The van der Waals surface area contributed by atoms with Crippen LogP contribution < -0.4 is 5.73 Å². The molecule has 0 aliphatic rings. The summed E-state index contributed by atoms with van der Waals surface area (Å²) in [5.41, 5.74) is 8.23. The minimum absolute atomic E-state index is 0.105. The second-order valence-corrected chi connectivity index (χ2v) is 4.86. The van der Waals surface area contributed by atoms with E-state index in [0.717, 1.165) is 12.0 Å². The third kappa shape index (κ3) is 2.63. The van der Waals surface area contributed by atoms with Crippen molar-refractivity contribution in [2.24, 2.45) is 11.7 Å². The molecule has 2 unspecified atom stereocenters. The lowest BCUT2D eigenvalue weighted by Crippen LogP contribution is -2.36. The molecule has 16 heavy (non-hydrogen) atoms. The quantitative estimate of drug-likeness (QED) is 0.820. The van der Waals surface area contributed by atoms with E-state index >= 15 is 0 Å². The van der Waals surface area contributed by atoms with Crippen molar-refractivity contribution in [3.05, 3.63) is 34.9 Å². The highest BCUT2D eigenvalue weighted by Gasteiger charge is 2.31. The summed E-state index contributed by atoms with van der Waals surface area (Å²) in [5, 5.41) is 10.6. The summed E-state index contributed by atoms with van der Waals surface area (Å²) in [5.74, 6) is 0.105. The summed E-state index contributed by atoms with van der Waals surface area (Å²) >= 11 is 0. The Bertz CT molecular complexity index is 334. The van der Waals surface area contributed by atoms with Crippen molar-refractivity contribution in [2.75, 3.05) is 6.54 Å². The summed E-state index contributed by atoms with van der Waals surface area (Å²) in [6, 6.07) is 6.21. The van der Waals surface area contributed by atoms with Crippen molar-refractivity contribution in [2.45, 2.75) is 39.7 Å². The van der Waals surface area contributed by atoms with Gasteiger partial charge in [0.25, 0.3) is 0 Å². The van der Waals surface area contributed by atoms with Crippen LogP contribution in [0.5, 0.6) is 0 Å². The van der Waals surface area contributed by atoms with E-state index in [1.807, 2.05) is 19.1 Å². The summed E-state index contributed by atoms with van der Waals surface area (Å²) in [4.78, 5) is 0. The SMILES string of the molecule is CCC(CN)C(C)(O)c1cc(C)cc(C)c1. The standard InChI is InChI=1S/C14H23NO/c1-5-12(9-15)14(4,16)13-7-10(2)6-11(3)8-13/h6-8,12,16H,5,9,15H2,1-4H3. The number of hydrogen-bond donors (Lipinski definition) is 2. The van der Waals surface area contributed by atoms with Crippen molar-refractivity contribution in [1.29, 1.82) is 0 Å². The molecule has 1 aromatic carbocycles. The van der Waals surface area contributed by atoms with Crippen LogP contribution in [0, 0.1) is 19.8 Å². The molecule has 2 atom stereocenters. The number of rotatable bonds is 4. The van der Waals surface area contributed by atoms with Gasteiger partial charge in [0.2, 0.25) is 0 Å². The smallest absolute Gasteiger partial charge is 0.0908 e. The van der Waals surface area contributed by atoms with Crippen molar-refractivity contribution in [1.82, 2.24) is 0 Å². The molecule has 0 aromatic heterocycles. The zero-order valence-electron chi connectivity index (χ0n) is 10.7. The van der Waals surface area contributed by atoms with Crippen LogP contribution in [0.2, 0.25) is 0 Å². The maximum Gasteiger partial charge on any atom is 0.0908 e. The molecule has 2 heteroatoms. The summed E-state index contributed by atoms with van der Waals surface area (Å²) in [6.45, 7) is 8.54. The molecule has 0 amide bonds. The van der Waals surface area contributed by atoms with Crippen molar-refractivity contribution >= 4 is 0 Å². The maximum absolute atomic E-state index is 10.6. The van der Waals surface area contributed by atoms with Gasteiger partial charge in [0.1, 0.15) is 0 Å². The average Bonchev–Trinajstić information content (AvgIpc) is 2.17. The van der Waals surface area contributed by atoms with E-state index in [1.165, 1.54) is 11.1 Å². The van der Waals surface area contributed by atoms with Crippen molar-refractivity contribution < 1.29 is 5.11 Å². The van der Waals surface area contributed by atoms with Gasteiger partial charge in [-0.05, 0) is 39.3 Å². The zero-order chi connectivity index (χ0) is 12.3. The van der Waals surface area contributed by atoms with Gasteiger partial charge in [0.15, 0.2) is 0 Å². The second kappa shape index (κ2) is 4.98. The topological polar surface area (TPSA) is 46.2 Å². The lowest BCUT2D eigenvalue weighted by molar-refractivity contribution is -0.00412. The summed E-state index contributed by atoms with van der Waals surface area (Å²) < 4.78 is 0. The fourth-order valence-electron chi connectivity index (χ4n) is 2.30. The van der Waals surface area contributed by atoms with Crippen LogP contribution in [-0.2, 0) is 5.60 Å². The highest BCUT2D eigenvalue weighted by molar-refractivity contribution is 5.32. The Hall–Kier alpha value is -0.860. The van der Waals surface area contributed by atoms with E-state index in [4.69, 9.17) is 5.73 Å². The minimum Gasteiger partial charge on any atom is -0.385 e. The average molecular weight is 221 g/mol. The van der Waals surface area contributed by atoms with E-state index in [2.05, 4.69) is 26.8 Å². The van der Waals surface area contributed by atoms with Gasteiger partial charge in [0.05, 0.1) is 5.60 Å². The molecule has 2 nitrogen and oxygen atoms in total. The molecule has 1 rings (SSSR count).